The van der Waals surface area contributed by atoms with E-state index in [1.54, 1.807) is 59.1 Å². The minimum absolute atomic E-state index is 0.250. The first-order valence-corrected chi connectivity index (χ1v) is 14.7. The predicted octanol–water partition coefficient (Wildman–Crippen LogP) is 4.90. The Kier molecular flexibility index (Phi) is 11.9. The lowest BCUT2D eigenvalue weighted by molar-refractivity contribution is -0.125. The quantitative estimate of drug-likeness (QED) is 0.203. The Hall–Kier alpha value is -4.86. The molecule has 0 aliphatic rings. The molecule has 1 aromatic carbocycles. The zero-order valence-corrected chi connectivity index (χ0v) is 26.5. The zero-order chi connectivity index (χ0) is 32.3. The third kappa shape index (κ3) is 9.32. The fraction of sp³-hybridized carbons (Fsp3) is 0.484. The molecule has 1 atom stereocenters. The first-order valence-electron chi connectivity index (χ1n) is 14.7. The molecule has 0 spiro atoms. The highest BCUT2D eigenvalue weighted by atomic mass is 16.6. The van der Waals surface area contributed by atoms with Gasteiger partial charge < -0.3 is 25.4 Å². The minimum Gasteiger partial charge on any atom is -0.448 e. The minimum atomic E-state index is -0.673. The summed E-state index contributed by atoms with van der Waals surface area (Å²) in [7, 11) is 1.54. The lowest BCUT2D eigenvalue weighted by atomic mass is 10.2. The van der Waals surface area contributed by atoms with Crippen LogP contribution in [0.1, 0.15) is 66.4 Å². The van der Waals surface area contributed by atoms with Gasteiger partial charge in [0.15, 0.2) is 0 Å². The molecular formula is C31H42N8O5. The Balaban J connectivity index is 1.61. The van der Waals surface area contributed by atoms with Gasteiger partial charge in [0.1, 0.15) is 17.5 Å². The van der Waals surface area contributed by atoms with E-state index in [-0.39, 0.29) is 12.5 Å². The monoisotopic (exact) mass is 606 g/mol. The van der Waals surface area contributed by atoms with Crippen LogP contribution in [-0.4, -0.2) is 81.1 Å². The molecule has 236 valence electrons. The molecule has 0 saturated heterocycles. The summed E-state index contributed by atoms with van der Waals surface area (Å²) in [6, 6.07) is 4.77. The van der Waals surface area contributed by atoms with Crippen molar-refractivity contribution in [3.8, 4) is 11.8 Å². The van der Waals surface area contributed by atoms with Crippen molar-refractivity contribution in [2.24, 2.45) is 0 Å². The third-order valence-corrected chi connectivity index (χ3v) is 6.27. The van der Waals surface area contributed by atoms with E-state index in [9.17, 15) is 14.4 Å². The summed E-state index contributed by atoms with van der Waals surface area (Å²) >= 11 is 0. The fourth-order valence-corrected chi connectivity index (χ4v) is 3.88. The van der Waals surface area contributed by atoms with Crippen molar-refractivity contribution in [2.75, 3.05) is 37.4 Å². The Morgan fingerprint density at radius 2 is 1.91 bits per heavy atom. The van der Waals surface area contributed by atoms with Crippen molar-refractivity contribution in [1.82, 2.24) is 30.0 Å². The number of rotatable bonds is 11. The number of hydrogen-bond donors (Lipinski definition) is 3. The number of nitrogens with one attached hydrogen (secondary N) is 3. The molecule has 3 N–H and O–H groups in total. The summed E-state index contributed by atoms with van der Waals surface area (Å²) in [4.78, 5) is 47.3. The molecule has 2 heterocycles. The largest absolute Gasteiger partial charge is 0.448 e. The van der Waals surface area contributed by atoms with Gasteiger partial charge in [0.2, 0.25) is 11.9 Å². The molecule has 3 rings (SSSR count). The maximum absolute atomic E-state index is 12.5. The number of carbonyl (C=O) groups is 3. The van der Waals surface area contributed by atoms with Crippen molar-refractivity contribution >= 4 is 46.5 Å². The Bertz CT molecular complexity index is 1520. The van der Waals surface area contributed by atoms with Crippen LogP contribution in [0.15, 0.2) is 30.6 Å². The molecule has 0 unspecified atom stereocenters. The average Bonchev–Trinajstić information content (AvgIpc) is 3.42. The molecule has 13 nitrogen and oxygen atoms in total. The second-order valence-electron chi connectivity index (χ2n) is 11.0. The maximum Gasteiger partial charge on any atom is 0.435 e. The van der Waals surface area contributed by atoms with Gasteiger partial charge in [-0.05, 0) is 59.6 Å². The van der Waals surface area contributed by atoms with Gasteiger partial charge in [-0.3, -0.25) is 9.69 Å². The van der Waals surface area contributed by atoms with Gasteiger partial charge in [-0.15, -0.1) is 0 Å². The van der Waals surface area contributed by atoms with E-state index < -0.39 is 23.8 Å². The van der Waals surface area contributed by atoms with Gasteiger partial charge in [-0.1, -0.05) is 24.8 Å². The molecule has 0 radical (unpaired) electrons. The Morgan fingerprint density at radius 3 is 2.61 bits per heavy atom. The SMILES string of the molecule is CCCNc1nc(Nc2cccc3c2cnn3C(=O)OCC)ncc1C#CCCCNC(=O)[C@H](C)N(C)C(=O)OC(C)(C)C. The zero-order valence-electron chi connectivity index (χ0n) is 26.5. The van der Waals surface area contributed by atoms with E-state index in [0.717, 1.165) is 6.42 Å². The number of carbonyl (C=O) groups excluding carboxylic acids is 3. The van der Waals surface area contributed by atoms with E-state index >= 15 is 0 Å². The summed E-state index contributed by atoms with van der Waals surface area (Å²) in [6.45, 7) is 12.1. The number of nitrogens with zero attached hydrogens (tertiary/aromatic N) is 5. The number of fused-ring (bicyclic) bond motifs is 1. The number of unbranched alkanes of at least 4 members (excludes halogenated alkanes) is 1. The van der Waals surface area contributed by atoms with Crippen LogP contribution in [0.25, 0.3) is 10.9 Å². The summed E-state index contributed by atoms with van der Waals surface area (Å²) in [6.07, 6.45) is 4.20. The number of benzene rings is 1. The maximum atomic E-state index is 12.5. The van der Waals surface area contributed by atoms with E-state index in [4.69, 9.17) is 9.47 Å². The molecule has 0 aliphatic carbocycles. The van der Waals surface area contributed by atoms with E-state index in [0.29, 0.717) is 59.9 Å². The van der Waals surface area contributed by atoms with Crippen LogP contribution < -0.4 is 16.0 Å². The summed E-state index contributed by atoms with van der Waals surface area (Å²) in [5.41, 5.74) is 1.29. The van der Waals surface area contributed by atoms with Crippen molar-refractivity contribution in [3.63, 3.8) is 0 Å². The lowest BCUT2D eigenvalue weighted by Crippen LogP contribution is -2.47. The highest BCUT2D eigenvalue weighted by Crippen LogP contribution is 2.26. The van der Waals surface area contributed by atoms with E-state index in [1.807, 2.05) is 6.07 Å². The van der Waals surface area contributed by atoms with Gasteiger partial charge >= 0.3 is 12.2 Å². The molecule has 0 bridgehead atoms. The number of amides is 2. The third-order valence-electron chi connectivity index (χ3n) is 6.27. The first-order chi connectivity index (χ1) is 20.9. The first kappa shape index (κ1) is 33.6. The lowest BCUT2D eigenvalue weighted by Gasteiger charge is -2.28. The van der Waals surface area contributed by atoms with Gasteiger partial charge in [-0.25, -0.2) is 14.6 Å². The van der Waals surface area contributed by atoms with Crippen LogP contribution in [0.2, 0.25) is 0 Å². The molecule has 2 amide bonds. The molecular weight excluding hydrogens is 564 g/mol. The summed E-state index contributed by atoms with van der Waals surface area (Å²) in [5.74, 6) is 6.94. The number of ether oxygens (including phenoxy) is 2. The number of aromatic nitrogens is 4. The number of likely N-dealkylation sites (N-methyl/N-ethyl adjacent to an activating group) is 1. The molecule has 3 aromatic rings. The average molecular weight is 607 g/mol. The topological polar surface area (TPSA) is 153 Å². The normalized spacial score (nSPS) is 11.6. The molecule has 0 aliphatic heterocycles. The summed E-state index contributed by atoms with van der Waals surface area (Å²) in [5, 5.41) is 14.3. The number of hydrogen-bond acceptors (Lipinski definition) is 10. The molecule has 13 heteroatoms. The van der Waals surface area contributed by atoms with Crippen LogP contribution in [0.4, 0.5) is 27.0 Å². The smallest absolute Gasteiger partial charge is 0.435 e. The van der Waals surface area contributed by atoms with Crippen LogP contribution in [0.3, 0.4) is 0 Å². The van der Waals surface area contributed by atoms with Crippen molar-refractivity contribution in [2.45, 2.75) is 72.4 Å². The second kappa shape index (κ2) is 15.6. The predicted molar refractivity (Wildman–Crippen MR) is 169 cm³/mol. The van der Waals surface area contributed by atoms with Crippen LogP contribution >= 0.6 is 0 Å². The Morgan fingerprint density at radius 1 is 1.14 bits per heavy atom. The van der Waals surface area contributed by atoms with Crippen LogP contribution in [0.5, 0.6) is 0 Å². The van der Waals surface area contributed by atoms with Gasteiger partial charge in [0.05, 0.1) is 35.8 Å². The molecule has 2 aromatic heterocycles. The summed E-state index contributed by atoms with van der Waals surface area (Å²) < 4.78 is 11.6. The standard InChI is InChI=1S/C31H42N8O5/c1-8-17-32-26-22(14-11-10-12-18-33-27(40)21(3)38(7)29(41)44-31(4,5)6)19-34-28(37-26)36-24-15-13-16-25-23(24)20-35-39(25)30(42)43-9-2/h13,15-16,19-21H,8-10,12,17-18H2,1-7H3,(H,33,40)(H2,32,34,36,37)/t21-/m0/s1. The Labute approximate surface area is 258 Å². The van der Waals surface area contributed by atoms with Crippen LogP contribution in [0, 0.1) is 11.8 Å². The van der Waals surface area contributed by atoms with Gasteiger partial charge in [0.25, 0.3) is 0 Å². The van der Waals surface area contributed by atoms with E-state index in [1.165, 1.54) is 16.6 Å². The fourth-order valence-electron chi connectivity index (χ4n) is 3.88. The molecule has 0 saturated carbocycles. The van der Waals surface area contributed by atoms with Gasteiger partial charge in [-0.2, -0.15) is 14.8 Å². The van der Waals surface area contributed by atoms with Crippen molar-refractivity contribution in [1.29, 1.82) is 0 Å². The van der Waals surface area contributed by atoms with Crippen LogP contribution in [-0.2, 0) is 14.3 Å². The second-order valence-corrected chi connectivity index (χ2v) is 11.0. The molecule has 44 heavy (non-hydrogen) atoms. The van der Waals surface area contributed by atoms with Crippen molar-refractivity contribution < 1.29 is 23.9 Å². The highest BCUT2D eigenvalue weighted by molar-refractivity contribution is 5.96. The highest BCUT2D eigenvalue weighted by Gasteiger charge is 2.26. The van der Waals surface area contributed by atoms with Gasteiger partial charge in [0, 0.05) is 31.9 Å². The van der Waals surface area contributed by atoms with Crippen molar-refractivity contribution in [3.05, 3.63) is 36.2 Å². The molecule has 0 fully saturated rings. The number of anilines is 3. The van der Waals surface area contributed by atoms with E-state index in [2.05, 4.69) is 49.8 Å².